The van der Waals surface area contributed by atoms with Crippen molar-refractivity contribution in [3.8, 4) is 11.8 Å². The molecule has 14 heavy (non-hydrogen) atoms. The van der Waals surface area contributed by atoms with Crippen LogP contribution in [0.1, 0.15) is 5.56 Å². The molecule has 1 rings (SSSR count). The highest BCUT2D eigenvalue weighted by molar-refractivity contribution is 9.10. The summed E-state index contributed by atoms with van der Waals surface area (Å²) in [7, 11) is 0. The van der Waals surface area contributed by atoms with E-state index in [1.54, 1.807) is 6.07 Å². The van der Waals surface area contributed by atoms with E-state index in [-0.39, 0.29) is 10.0 Å². The van der Waals surface area contributed by atoms with E-state index in [0.717, 1.165) is 6.07 Å². The Bertz CT molecular complexity index is 383. The Morgan fingerprint density at radius 1 is 1.36 bits per heavy atom. The topological polar surface area (TPSA) is 33.0 Å². The van der Waals surface area contributed by atoms with Crippen molar-refractivity contribution >= 4 is 15.9 Å². The lowest BCUT2D eigenvalue weighted by molar-refractivity contribution is -0.274. The molecule has 74 valence electrons. The van der Waals surface area contributed by atoms with E-state index in [0.29, 0.717) is 0 Å². The van der Waals surface area contributed by atoms with Gasteiger partial charge in [-0.2, -0.15) is 5.26 Å². The maximum absolute atomic E-state index is 11.8. The van der Waals surface area contributed by atoms with Gasteiger partial charge < -0.3 is 4.74 Å². The lowest BCUT2D eigenvalue weighted by Gasteiger charge is -2.10. The molecule has 0 saturated heterocycles. The molecular weight excluding hydrogens is 263 g/mol. The Kier molecular flexibility index (Phi) is 3.01. The highest BCUT2D eigenvalue weighted by Crippen LogP contribution is 2.30. The molecule has 0 saturated carbocycles. The molecule has 0 bridgehead atoms. The van der Waals surface area contributed by atoms with Crippen molar-refractivity contribution < 1.29 is 17.9 Å². The molecule has 0 heterocycles. The van der Waals surface area contributed by atoms with Crippen molar-refractivity contribution in [1.29, 1.82) is 5.26 Å². The van der Waals surface area contributed by atoms with Crippen LogP contribution in [0.2, 0.25) is 0 Å². The first-order valence-electron chi connectivity index (χ1n) is 3.38. The molecule has 0 aliphatic heterocycles. The number of halogens is 4. The van der Waals surface area contributed by atoms with Crippen LogP contribution in [0, 0.1) is 11.3 Å². The van der Waals surface area contributed by atoms with E-state index >= 15 is 0 Å². The zero-order valence-electron chi connectivity index (χ0n) is 6.60. The van der Waals surface area contributed by atoms with Crippen molar-refractivity contribution in [2.75, 3.05) is 0 Å². The fourth-order valence-electron chi connectivity index (χ4n) is 0.823. The number of alkyl halides is 3. The van der Waals surface area contributed by atoms with E-state index in [4.69, 9.17) is 5.26 Å². The van der Waals surface area contributed by atoms with Crippen LogP contribution in [0.5, 0.6) is 5.75 Å². The van der Waals surface area contributed by atoms with Gasteiger partial charge in [0.1, 0.15) is 17.4 Å². The van der Waals surface area contributed by atoms with Crippen molar-refractivity contribution in [1.82, 2.24) is 0 Å². The zero-order chi connectivity index (χ0) is 10.8. The number of nitriles is 1. The molecule has 0 unspecified atom stereocenters. The van der Waals surface area contributed by atoms with E-state index < -0.39 is 12.1 Å². The predicted octanol–water partition coefficient (Wildman–Crippen LogP) is 3.22. The molecule has 0 aromatic heterocycles. The number of nitrogens with zero attached hydrogens (tertiary/aromatic N) is 1. The van der Waals surface area contributed by atoms with Crippen LogP contribution < -0.4 is 4.74 Å². The fourth-order valence-corrected chi connectivity index (χ4v) is 1.26. The van der Waals surface area contributed by atoms with Gasteiger partial charge in [0, 0.05) is 4.47 Å². The molecule has 0 spiro atoms. The molecule has 1 aromatic carbocycles. The van der Waals surface area contributed by atoms with E-state index in [2.05, 4.69) is 20.7 Å². The summed E-state index contributed by atoms with van der Waals surface area (Å²) in [5.74, 6) is -0.505. The second kappa shape index (κ2) is 3.88. The lowest BCUT2D eigenvalue weighted by atomic mass is 10.2. The van der Waals surface area contributed by atoms with Gasteiger partial charge in [-0.05, 0) is 28.1 Å². The van der Waals surface area contributed by atoms with Gasteiger partial charge in [-0.3, -0.25) is 0 Å². The Morgan fingerprint density at radius 2 is 2.00 bits per heavy atom. The van der Waals surface area contributed by atoms with Crippen LogP contribution in [-0.2, 0) is 0 Å². The van der Waals surface area contributed by atoms with Crippen molar-refractivity contribution in [2.24, 2.45) is 0 Å². The van der Waals surface area contributed by atoms with Crippen LogP contribution >= 0.6 is 15.9 Å². The molecule has 0 fully saturated rings. The van der Waals surface area contributed by atoms with Crippen molar-refractivity contribution in [3.05, 3.63) is 28.2 Å². The first kappa shape index (κ1) is 10.9. The first-order valence-corrected chi connectivity index (χ1v) is 4.17. The predicted molar refractivity (Wildman–Crippen MR) is 45.5 cm³/mol. The normalized spacial score (nSPS) is 10.8. The summed E-state index contributed by atoms with van der Waals surface area (Å²) in [6.45, 7) is 0. The third-order valence-corrected chi connectivity index (χ3v) is 1.97. The average molecular weight is 266 g/mol. The highest BCUT2D eigenvalue weighted by atomic mass is 79.9. The fraction of sp³-hybridized carbons (Fsp3) is 0.125. The molecule has 0 aliphatic rings. The third-order valence-electron chi connectivity index (χ3n) is 1.31. The average Bonchev–Trinajstić information content (AvgIpc) is 2.01. The molecular formula is C8H3BrF3NO. The van der Waals surface area contributed by atoms with Gasteiger partial charge in [-0.25, -0.2) is 0 Å². The maximum Gasteiger partial charge on any atom is 0.573 e. The Hall–Kier alpha value is -1.22. The molecule has 1 aromatic rings. The van der Waals surface area contributed by atoms with Gasteiger partial charge in [-0.1, -0.05) is 6.07 Å². The zero-order valence-corrected chi connectivity index (χ0v) is 8.19. The number of hydrogen-bond donors (Lipinski definition) is 0. The Morgan fingerprint density at radius 3 is 2.50 bits per heavy atom. The SMILES string of the molecule is N#Cc1c(Br)cccc1OC(F)(F)F. The van der Waals surface area contributed by atoms with Crippen LogP contribution in [0.4, 0.5) is 13.2 Å². The van der Waals surface area contributed by atoms with Gasteiger partial charge in [0.2, 0.25) is 0 Å². The number of hydrogen-bond acceptors (Lipinski definition) is 2. The van der Waals surface area contributed by atoms with Gasteiger partial charge in [0.15, 0.2) is 0 Å². The minimum absolute atomic E-state index is 0.176. The second-order valence-corrected chi connectivity index (χ2v) is 3.13. The van der Waals surface area contributed by atoms with Crippen molar-refractivity contribution in [3.63, 3.8) is 0 Å². The minimum Gasteiger partial charge on any atom is -0.404 e. The number of rotatable bonds is 1. The number of ether oxygens (including phenoxy) is 1. The van der Waals surface area contributed by atoms with Crippen LogP contribution in [0.25, 0.3) is 0 Å². The third kappa shape index (κ3) is 2.64. The smallest absolute Gasteiger partial charge is 0.404 e. The molecule has 0 N–H and O–H groups in total. The Balaban J connectivity index is 3.10. The van der Waals surface area contributed by atoms with Gasteiger partial charge >= 0.3 is 6.36 Å². The van der Waals surface area contributed by atoms with Crippen LogP contribution in [0.15, 0.2) is 22.7 Å². The largest absolute Gasteiger partial charge is 0.573 e. The van der Waals surface area contributed by atoms with E-state index in [9.17, 15) is 13.2 Å². The molecule has 0 radical (unpaired) electrons. The van der Waals surface area contributed by atoms with E-state index in [1.807, 2.05) is 0 Å². The summed E-state index contributed by atoms with van der Waals surface area (Å²) in [6, 6.07) is 5.51. The molecule has 6 heteroatoms. The van der Waals surface area contributed by atoms with E-state index in [1.165, 1.54) is 12.1 Å². The standard InChI is InChI=1S/C8H3BrF3NO/c9-6-2-1-3-7(5(6)4-13)14-8(10,11)12/h1-3H. The van der Waals surface area contributed by atoms with Gasteiger partial charge in [0.05, 0.1) is 0 Å². The summed E-state index contributed by atoms with van der Waals surface area (Å²) in [5, 5.41) is 8.57. The summed E-state index contributed by atoms with van der Waals surface area (Å²) < 4.78 is 39.4. The molecule has 0 amide bonds. The number of benzene rings is 1. The quantitative estimate of drug-likeness (QED) is 0.781. The summed E-state index contributed by atoms with van der Waals surface area (Å²) in [5.41, 5.74) is -0.176. The van der Waals surface area contributed by atoms with Gasteiger partial charge in [0.25, 0.3) is 0 Å². The first-order chi connectivity index (χ1) is 6.44. The van der Waals surface area contributed by atoms with Crippen LogP contribution in [-0.4, -0.2) is 6.36 Å². The summed E-state index contributed by atoms with van der Waals surface area (Å²) in [6.07, 6.45) is -4.79. The molecule has 0 atom stereocenters. The summed E-state index contributed by atoms with van der Waals surface area (Å²) >= 11 is 2.94. The van der Waals surface area contributed by atoms with Crippen molar-refractivity contribution in [2.45, 2.75) is 6.36 Å². The minimum atomic E-state index is -4.79. The molecule has 0 aliphatic carbocycles. The molecule has 2 nitrogen and oxygen atoms in total. The Labute approximate surface area is 86.0 Å². The lowest BCUT2D eigenvalue weighted by Crippen LogP contribution is -2.17. The van der Waals surface area contributed by atoms with Crippen LogP contribution in [0.3, 0.4) is 0 Å². The maximum atomic E-state index is 11.8. The second-order valence-electron chi connectivity index (χ2n) is 2.27. The summed E-state index contributed by atoms with van der Waals surface area (Å²) in [4.78, 5) is 0. The highest BCUT2D eigenvalue weighted by Gasteiger charge is 2.32. The van der Waals surface area contributed by atoms with Gasteiger partial charge in [-0.15, -0.1) is 13.2 Å². The monoisotopic (exact) mass is 265 g/mol.